The topological polar surface area (TPSA) is 40.5 Å². The summed E-state index contributed by atoms with van der Waals surface area (Å²) < 4.78 is 24.2. The van der Waals surface area contributed by atoms with Crippen molar-refractivity contribution in [1.82, 2.24) is 0 Å². The number of aromatic hydroxyl groups is 2. The summed E-state index contributed by atoms with van der Waals surface area (Å²) in [4.78, 5) is 0. The van der Waals surface area contributed by atoms with Crippen LogP contribution in [0, 0.1) is 17.7 Å². The van der Waals surface area contributed by atoms with Gasteiger partial charge in [0.15, 0.2) is 17.3 Å². The zero-order valence-corrected chi connectivity index (χ0v) is 4.73. The van der Waals surface area contributed by atoms with Gasteiger partial charge < -0.3 is 10.2 Å². The van der Waals surface area contributed by atoms with Crippen molar-refractivity contribution in [3.8, 4) is 11.5 Å². The van der Waals surface area contributed by atoms with E-state index in [4.69, 9.17) is 10.2 Å². The van der Waals surface area contributed by atoms with Crippen molar-refractivity contribution in [2.45, 2.75) is 0 Å². The first kappa shape index (κ1) is 6.80. The predicted molar refractivity (Wildman–Crippen MR) is 28.5 cm³/mol. The first-order valence-corrected chi connectivity index (χ1v) is 2.40. The maximum Gasteiger partial charge on any atom is 0.194 e. The molecule has 2 N–H and O–H groups in total. The van der Waals surface area contributed by atoms with Crippen LogP contribution in [0.2, 0.25) is 0 Å². The third kappa shape index (κ3) is 1.00. The van der Waals surface area contributed by atoms with E-state index in [0.717, 1.165) is 0 Å². The minimum absolute atomic E-state index is 0.426. The van der Waals surface area contributed by atoms with Gasteiger partial charge in [-0.15, -0.1) is 0 Å². The van der Waals surface area contributed by atoms with Crippen LogP contribution in [0.1, 0.15) is 0 Å². The number of phenols is 2. The Morgan fingerprint density at radius 2 is 1.90 bits per heavy atom. The molecule has 1 aromatic rings. The molecule has 0 aromatic heterocycles. The van der Waals surface area contributed by atoms with E-state index in [0.29, 0.717) is 6.07 Å². The van der Waals surface area contributed by atoms with Gasteiger partial charge in [0.2, 0.25) is 0 Å². The summed E-state index contributed by atoms with van der Waals surface area (Å²) in [5.41, 5.74) is 0. The standard InChI is InChI=1S/C6H3F2O2/c7-3-1-4(8)6(10)5(9)2-3/h1,9-10H. The van der Waals surface area contributed by atoms with Crippen LogP contribution in [0.3, 0.4) is 0 Å². The molecule has 0 saturated heterocycles. The van der Waals surface area contributed by atoms with Crippen molar-refractivity contribution in [1.29, 1.82) is 0 Å². The second kappa shape index (κ2) is 2.13. The van der Waals surface area contributed by atoms with Gasteiger partial charge in [0, 0.05) is 6.07 Å². The molecule has 0 aliphatic heterocycles. The molecule has 1 radical (unpaired) electrons. The Hall–Kier alpha value is -1.32. The smallest absolute Gasteiger partial charge is 0.194 e. The molecule has 0 bridgehead atoms. The van der Waals surface area contributed by atoms with E-state index >= 15 is 0 Å². The van der Waals surface area contributed by atoms with Crippen molar-refractivity contribution in [3.05, 3.63) is 23.8 Å². The van der Waals surface area contributed by atoms with Crippen LogP contribution in [0.25, 0.3) is 0 Å². The Labute approximate surface area is 55.4 Å². The SMILES string of the molecule is Oc1[c]c(F)cc(F)c1O. The lowest BCUT2D eigenvalue weighted by Gasteiger charge is -1.96. The second-order valence-electron chi connectivity index (χ2n) is 1.66. The van der Waals surface area contributed by atoms with E-state index in [2.05, 4.69) is 0 Å². The van der Waals surface area contributed by atoms with Gasteiger partial charge in [-0.05, 0) is 0 Å². The minimum Gasteiger partial charge on any atom is -0.504 e. The molecule has 0 fully saturated rings. The van der Waals surface area contributed by atoms with E-state index < -0.39 is 23.1 Å². The second-order valence-corrected chi connectivity index (χ2v) is 1.66. The summed E-state index contributed by atoms with van der Waals surface area (Å²) in [5, 5.41) is 17.0. The number of hydrogen-bond acceptors (Lipinski definition) is 2. The van der Waals surface area contributed by atoms with Gasteiger partial charge in [0.05, 0.1) is 6.07 Å². The van der Waals surface area contributed by atoms with E-state index in [-0.39, 0.29) is 0 Å². The molecule has 2 nitrogen and oxygen atoms in total. The fourth-order valence-corrected chi connectivity index (χ4v) is 0.501. The van der Waals surface area contributed by atoms with Crippen molar-refractivity contribution in [2.75, 3.05) is 0 Å². The Morgan fingerprint density at radius 3 is 2.40 bits per heavy atom. The molecule has 0 saturated carbocycles. The predicted octanol–water partition coefficient (Wildman–Crippen LogP) is 1.18. The first-order valence-electron chi connectivity index (χ1n) is 2.40. The zero-order valence-electron chi connectivity index (χ0n) is 4.73. The van der Waals surface area contributed by atoms with Gasteiger partial charge in [-0.25, -0.2) is 8.78 Å². The van der Waals surface area contributed by atoms with Crippen LogP contribution in [0.5, 0.6) is 11.5 Å². The summed E-state index contributed by atoms with van der Waals surface area (Å²) in [6.07, 6.45) is 0. The maximum absolute atomic E-state index is 12.2. The lowest BCUT2D eigenvalue weighted by Crippen LogP contribution is -1.80. The average Bonchev–Trinajstić information content (AvgIpc) is 1.82. The third-order valence-corrected chi connectivity index (χ3v) is 0.942. The average molecular weight is 145 g/mol. The number of benzene rings is 1. The van der Waals surface area contributed by atoms with Crippen LogP contribution in [-0.4, -0.2) is 10.2 Å². The molecule has 0 spiro atoms. The van der Waals surface area contributed by atoms with Gasteiger partial charge in [0.1, 0.15) is 5.82 Å². The normalized spacial score (nSPS) is 9.80. The molecule has 53 valence electrons. The van der Waals surface area contributed by atoms with Crippen molar-refractivity contribution < 1.29 is 19.0 Å². The van der Waals surface area contributed by atoms with Crippen molar-refractivity contribution in [3.63, 3.8) is 0 Å². The highest BCUT2D eigenvalue weighted by molar-refractivity contribution is 5.37. The Balaban J connectivity index is 3.31. The number of hydrogen-bond donors (Lipinski definition) is 2. The molecule has 10 heavy (non-hydrogen) atoms. The Bertz CT molecular complexity index is 237. The van der Waals surface area contributed by atoms with Crippen LogP contribution >= 0.6 is 0 Å². The quantitative estimate of drug-likeness (QED) is 0.538. The lowest BCUT2D eigenvalue weighted by molar-refractivity contribution is 0.373. The third-order valence-electron chi connectivity index (χ3n) is 0.942. The highest BCUT2D eigenvalue weighted by Gasteiger charge is 2.08. The van der Waals surface area contributed by atoms with E-state index in [1.807, 2.05) is 0 Å². The monoisotopic (exact) mass is 145 g/mol. The molecular weight excluding hydrogens is 142 g/mol. The van der Waals surface area contributed by atoms with Gasteiger partial charge in [0.25, 0.3) is 0 Å². The summed E-state index contributed by atoms with van der Waals surface area (Å²) >= 11 is 0. The van der Waals surface area contributed by atoms with E-state index in [9.17, 15) is 8.78 Å². The Morgan fingerprint density at radius 1 is 1.30 bits per heavy atom. The fourth-order valence-electron chi connectivity index (χ4n) is 0.501. The molecule has 0 unspecified atom stereocenters. The van der Waals surface area contributed by atoms with Gasteiger partial charge in [-0.3, -0.25) is 0 Å². The number of halogens is 2. The molecular formula is C6H3F2O2. The van der Waals surface area contributed by atoms with Gasteiger partial charge in [-0.1, -0.05) is 0 Å². The minimum atomic E-state index is -1.20. The molecule has 1 rings (SSSR count). The summed E-state index contributed by atoms with van der Waals surface area (Å²) in [5.74, 6) is -4.15. The van der Waals surface area contributed by atoms with Gasteiger partial charge in [-0.2, -0.15) is 0 Å². The molecule has 4 heteroatoms. The fraction of sp³-hybridized carbons (Fsp3) is 0. The highest BCUT2D eigenvalue weighted by Crippen LogP contribution is 2.27. The lowest BCUT2D eigenvalue weighted by atomic mass is 10.3. The maximum atomic E-state index is 12.2. The molecule has 0 atom stereocenters. The van der Waals surface area contributed by atoms with Crippen LogP contribution in [0.15, 0.2) is 6.07 Å². The number of rotatable bonds is 0. The van der Waals surface area contributed by atoms with Crippen LogP contribution in [0.4, 0.5) is 8.78 Å². The largest absolute Gasteiger partial charge is 0.504 e. The summed E-state index contributed by atoms with van der Waals surface area (Å²) in [7, 11) is 0. The van der Waals surface area contributed by atoms with Gasteiger partial charge >= 0.3 is 0 Å². The Kier molecular flexibility index (Phi) is 1.45. The van der Waals surface area contributed by atoms with Crippen LogP contribution < -0.4 is 0 Å². The molecule has 0 amide bonds. The molecule has 1 aromatic carbocycles. The van der Waals surface area contributed by atoms with E-state index in [1.165, 1.54) is 0 Å². The molecule has 0 aliphatic carbocycles. The highest BCUT2D eigenvalue weighted by atomic mass is 19.1. The first-order chi connectivity index (χ1) is 4.61. The number of phenolic OH excluding ortho intramolecular Hbond substituents is 2. The van der Waals surface area contributed by atoms with Crippen molar-refractivity contribution in [2.24, 2.45) is 0 Å². The zero-order chi connectivity index (χ0) is 7.72. The van der Waals surface area contributed by atoms with Crippen molar-refractivity contribution >= 4 is 0 Å². The van der Waals surface area contributed by atoms with E-state index in [1.54, 1.807) is 6.07 Å². The summed E-state index contributed by atoms with van der Waals surface area (Å²) in [6, 6.07) is 2.10. The summed E-state index contributed by atoms with van der Waals surface area (Å²) in [6.45, 7) is 0. The molecule has 0 aliphatic rings. The van der Waals surface area contributed by atoms with Crippen LogP contribution in [-0.2, 0) is 0 Å². The molecule has 0 heterocycles.